The summed E-state index contributed by atoms with van der Waals surface area (Å²) in [5.41, 5.74) is 5.47. The van der Waals surface area contributed by atoms with Crippen LogP contribution in [0.15, 0.2) is 0 Å². The molecule has 0 radical (unpaired) electrons. The second-order valence-corrected chi connectivity index (χ2v) is 4.78. The van der Waals surface area contributed by atoms with Crippen molar-refractivity contribution in [3.63, 3.8) is 0 Å². The molecule has 0 aromatic heterocycles. The minimum atomic E-state index is -1.21. The van der Waals surface area contributed by atoms with Gasteiger partial charge in [-0.15, -0.1) is 0 Å². The van der Waals surface area contributed by atoms with E-state index in [0.717, 1.165) is 12.8 Å². The number of amides is 1. The Balaban J connectivity index is 4.18. The van der Waals surface area contributed by atoms with Crippen molar-refractivity contribution in [1.29, 1.82) is 0 Å². The molecule has 0 aliphatic carbocycles. The normalized spacial score (nSPS) is 13.5. The van der Waals surface area contributed by atoms with E-state index in [1.165, 1.54) is 0 Å². The van der Waals surface area contributed by atoms with Gasteiger partial charge in [-0.1, -0.05) is 13.3 Å². The predicted octanol–water partition coefficient (Wildman–Crippen LogP) is 0.576. The van der Waals surface area contributed by atoms with Crippen LogP contribution in [0.2, 0.25) is 0 Å². The molecular formula is C13H24N2O5. The highest BCUT2D eigenvalue weighted by atomic mass is 16.4. The first kappa shape index (κ1) is 18.4. The van der Waals surface area contributed by atoms with Crippen molar-refractivity contribution >= 4 is 17.8 Å². The molecule has 0 saturated heterocycles. The molecule has 7 nitrogen and oxygen atoms in total. The largest absolute Gasteiger partial charge is 0.481 e. The van der Waals surface area contributed by atoms with Gasteiger partial charge in [-0.05, 0) is 31.7 Å². The summed E-state index contributed by atoms with van der Waals surface area (Å²) in [7, 11) is 0. The maximum atomic E-state index is 11.7. The van der Waals surface area contributed by atoms with E-state index in [1.54, 1.807) is 0 Å². The lowest BCUT2D eigenvalue weighted by atomic mass is 9.96. The van der Waals surface area contributed by atoms with Gasteiger partial charge >= 0.3 is 11.9 Å². The Morgan fingerprint density at radius 1 is 1.10 bits per heavy atom. The van der Waals surface area contributed by atoms with Gasteiger partial charge in [0.15, 0.2) is 0 Å². The second-order valence-electron chi connectivity index (χ2n) is 4.78. The molecule has 116 valence electrons. The van der Waals surface area contributed by atoms with Crippen molar-refractivity contribution in [3.8, 4) is 0 Å². The third-order valence-corrected chi connectivity index (χ3v) is 3.21. The van der Waals surface area contributed by atoms with E-state index in [2.05, 4.69) is 5.32 Å². The van der Waals surface area contributed by atoms with Crippen molar-refractivity contribution in [2.45, 2.75) is 51.5 Å². The van der Waals surface area contributed by atoms with Crippen LogP contribution >= 0.6 is 0 Å². The predicted molar refractivity (Wildman–Crippen MR) is 73.1 cm³/mol. The number of nitrogens with two attached hydrogens (primary N) is 1. The van der Waals surface area contributed by atoms with E-state index in [9.17, 15) is 14.4 Å². The minimum absolute atomic E-state index is 0.115. The van der Waals surface area contributed by atoms with E-state index in [1.807, 2.05) is 6.92 Å². The van der Waals surface area contributed by atoms with Crippen LogP contribution < -0.4 is 11.1 Å². The molecule has 0 spiro atoms. The molecule has 7 heteroatoms. The van der Waals surface area contributed by atoms with Crippen LogP contribution in [-0.2, 0) is 14.4 Å². The quantitative estimate of drug-likeness (QED) is 0.440. The zero-order valence-electron chi connectivity index (χ0n) is 11.8. The summed E-state index contributed by atoms with van der Waals surface area (Å²) >= 11 is 0. The summed E-state index contributed by atoms with van der Waals surface area (Å²) in [6.45, 7) is 2.58. The van der Waals surface area contributed by atoms with Crippen molar-refractivity contribution in [2.75, 3.05) is 6.54 Å². The van der Waals surface area contributed by atoms with Gasteiger partial charge in [0, 0.05) is 12.8 Å². The Morgan fingerprint density at radius 3 is 2.20 bits per heavy atom. The number of aliphatic carboxylic acids is 2. The van der Waals surface area contributed by atoms with Crippen LogP contribution in [0, 0.1) is 5.92 Å². The molecule has 0 aliphatic rings. The van der Waals surface area contributed by atoms with E-state index < -0.39 is 18.0 Å². The lowest BCUT2D eigenvalue weighted by Crippen LogP contribution is -2.41. The Morgan fingerprint density at radius 2 is 1.75 bits per heavy atom. The molecule has 0 aromatic rings. The first-order valence-corrected chi connectivity index (χ1v) is 6.84. The van der Waals surface area contributed by atoms with Gasteiger partial charge in [0.1, 0.15) is 6.04 Å². The van der Waals surface area contributed by atoms with Gasteiger partial charge in [-0.2, -0.15) is 0 Å². The van der Waals surface area contributed by atoms with Crippen LogP contribution in [0.5, 0.6) is 0 Å². The Kier molecular flexibility index (Phi) is 9.36. The number of hydrogen-bond acceptors (Lipinski definition) is 4. The number of carbonyl (C=O) groups is 3. The van der Waals surface area contributed by atoms with Gasteiger partial charge in [-0.3, -0.25) is 9.59 Å². The molecule has 0 bridgehead atoms. The number of hydrogen-bond donors (Lipinski definition) is 4. The molecule has 0 fully saturated rings. The molecular weight excluding hydrogens is 264 g/mol. The van der Waals surface area contributed by atoms with Gasteiger partial charge in [0.05, 0.1) is 0 Å². The summed E-state index contributed by atoms with van der Waals surface area (Å²) in [5, 5.41) is 19.8. The molecule has 20 heavy (non-hydrogen) atoms. The molecule has 0 aromatic carbocycles. The SMILES string of the molecule is CCC(CCN)CCC(=O)N[C@@H](CCC(=O)O)C(=O)O. The molecule has 1 unspecified atom stereocenters. The number of rotatable bonds is 11. The lowest BCUT2D eigenvalue weighted by molar-refractivity contribution is -0.143. The number of nitrogens with one attached hydrogen (secondary N) is 1. The van der Waals surface area contributed by atoms with Gasteiger partial charge in [0.2, 0.25) is 5.91 Å². The van der Waals surface area contributed by atoms with E-state index in [4.69, 9.17) is 15.9 Å². The summed E-state index contributed by atoms with van der Waals surface area (Å²) < 4.78 is 0. The van der Waals surface area contributed by atoms with Crippen LogP contribution in [0.4, 0.5) is 0 Å². The van der Waals surface area contributed by atoms with Crippen molar-refractivity contribution in [2.24, 2.45) is 11.7 Å². The molecule has 5 N–H and O–H groups in total. The van der Waals surface area contributed by atoms with E-state index in [0.29, 0.717) is 18.9 Å². The Hall–Kier alpha value is -1.63. The van der Waals surface area contributed by atoms with Crippen LogP contribution in [0.3, 0.4) is 0 Å². The zero-order chi connectivity index (χ0) is 15.5. The lowest BCUT2D eigenvalue weighted by Gasteiger charge is -2.16. The summed E-state index contributed by atoms with van der Waals surface area (Å²) in [5.74, 6) is -2.31. The Labute approximate surface area is 118 Å². The van der Waals surface area contributed by atoms with Crippen LogP contribution in [-0.4, -0.2) is 40.6 Å². The fourth-order valence-corrected chi connectivity index (χ4v) is 1.92. The fourth-order valence-electron chi connectivity index (χ4n) is 1.92. The summed E-state index contributed by atoms with van der Waals surface area (Å²) in [4.78, 5) is 33.0. The fraction of sp³-hybridized carbons (Fsp3) is 0.769. The highest BCUT2D eigenvalue weighted by molar-refractivity contribution is 5.83. The molecule has 0 aliphatic heterocycles. The zero-order valence-corrected chi connectivity index (χ0v) is 11.8. The van der Waals surface area contributed by atoms with Crippen LogP contribution in [0.1, 0.15) is 45.4 Å². The topological polar surface area (TPSA) is 130 Å². The van der Waals surface area contributed by atoms with Crippen molar-refractivity contribution < 1.29 is 24.6 Å². The molecule has 0 heterocycles. The number of carboxylic acids is 2. The highest BCUT2D eigenvalue weighted by Crippen LogP contribution is 2.14. The molecule has 0 saturated carbocycles. The molecule has 2 atom stereocenters. The van der Waals surface area contributed by atoms with Gasteiger partial charge in [-0.25, -0.2) is 4.79 Å². The third-order valence-electron chi connectivity index (χ3n) is 3.21. The van der Waals surface area contributed by atoms with Crippen molar-refractivity contribution in [1.82, 2.24) is 5.32 Å². The van der Waals surface area contributed by atoms with E-state index >= 15 is 0 Å². The average Bonchev–Trinajstić information content (AvgIpc) is 2.38. The number of carboxylic acid groups (broad SMARTS) is 2. The Bertz CT molecular complexity index is 333. The maximum absolute atomic E-state index is 11.7. The van der Waals surface area contributed by atoms with Gasteiger partial charge in [0.25, 0.3) is 0 Å². The number of carbonyl (C=O) groups excluding carboxylic acids is 1. The van der Waals surface area contributed by atoms with E-state index in [-0.39, 0.29) is 25.2 Å². The smallest absolute Gasteiger partial charge is 0.326 e. The first-order valence-electron chi connectivity index (χ1n) is 6.84. The third kappa shape index (κ3) is 8.47. The average molecular weight is 288 g/mol. The molecule has 1 amide bonds. The second kappa shape index (κ2) is 10.2. The summed E-state index contributed by atoms with van der Waals surface area (Å²) in [6, 6.07) is -1.15. The molecule has 0 rings (SSSR count). The minimum Gasteiger partial charge on any atom is -0.481 e. The first-order chi connectivity index (χ1) is 9.40. The highest BCUT2D eigenvalue weighted by Gasteiger charge is 2.21. The van der Waals surface area contributed by atoms with Crippen molar-refractivity contribution in [3.05, 3.63) is 0 Å². The van der Waals surface area contributed by atoms with Gasteiger partial charge < -0.3 is 21.3 Å². The monoisotopic (exact) mass is 288 g/mol. The standard InChI is InChI=1S/C13H24N2O5/c1-2-9(7-8-14)3-5-11(16)15-10(13(19)20)4-6-12(17)18/h9-10H,2-8,14H2,1H3,(H,15,16)(H,17,18)(H,19,20)/t9?,10-/m0/s1. The van der Waals surface area contributed by atoms with Crippen LogP contribution in [0.25, 0.3) is 0 Å². The maximum Gasteiger partial charge on any atom is 0.326 e. The summed E-state index contributed by atoms with van der Waals surface area (Å²) in [6.07, 6.45) is 2.25.